The van der Waals surface area contributed by atoms with Crippen molar-refractivity contribution in [2.24, 2.45) is 5.73 Å². The van der Waals surface area contributed by atoms with Gasteiger partial charge in [-0.15, -0.1) is 0 Å². The van der Waals surface area contributed by atoms with Crippen molar-refractivity contribution in [3.05, 3.63) is 35.4 Å². The van der Waals surface area contributed by atoms with E-state index in [0.29, 0.717) is 0 Å². The number of methoxy groups -OCH3 is 1. The van der Waals surface area contributed by atoms with Crippen LogP contribution in [0.3, 0.4) is 0 Å². The van der Waals surface area contributed by atoms with E-state index in [-0.39, 0.29) is 0 Å². The molecule has 0 spiro atoms. The maximum atomic E-state index is 11.1. The molecule has 2 N–H and O–H groups in total. The first-order chi connectivity index (χ1) is 6.16. The highest BCUT2D eigenvalue weighted by molar-refractivity contribution is 5.77. The topological polar surface area (TPSA) is 52.3 Å². The smallest absolute Gasteiger partial charge is 0.327 e. The molecule has 0 fully saturated rings. The molecule has 1 aromatic rings. The normalized spacial score (nSPS) is 12.2. The average molecular weight is 179 g/mol. The van der Waals surface area contributed by atoms with Crippen molar-refractivity contribution in [1.29, 1.82) is 0 Å². The zero-order valence-corrected chi connectivity index (χ0v) is 7.78. The number of esters is 1. The Bertz CT molecular complexity index is 310. The fourth-order valence-corrected chi connectivity index (χ4v) is 1.19. The van der Waals surface area contributed by atoms with Gasteiger partial charge < -0.3 is 10.5 Å². The molecule has 0 saturated heterocycles. The van der Waals surface area contributed by atoms with Gasteiger partial charge in [0.25, 0.3) is 0 Å². The van der Waals surface area contributed by atoms with E-state index in [9.17, 15) is 4.79 Å². The van der Waals surface area contributed by atoms with Crippen LogP contribution in [0.4, 0.5) is 0 Å². The minimum absolute atomic E-state index is 0.408. The van der Waals surface area contributed by atoms with Crippen LogP contribution in [0.25, 0.3) is 0 Å². The molecular formula is C10H13NO2. The lowest BCUT2D eigenvalue weighted by atomic mass is 10.0. The lowest BCUT2D eigenvalue weighted by molar-refractivity contribution is -0.142. The maximum Gasteiger partial charge on any atom is 0.327 e. The Morgan fingerprint density at radius 3 is 2.62 bits per heavy atom. The lowest BCUT2D eigenvalue weighted by Crippen LogP contribution is -2.23. The standard InChI is InChI=1S/C10H13NO2/c1-7-5-3-4-6-8(7)9(11)10(12)13-2/h3-6,9H,11H2,1-2H3/t9-/m0/s1. The number of aryl methyl sites for hydroxylation is 1. The number of hydrogen-bond acceptors (Lipinski definition) is 3. The highest BCUT2D eigenvalue weighted by Crippen LogP contribution is 2.15. The molecule has 0 amide bonds. The van der Waals surface area contributed by atoms with E-state index in [2.05, 4.69) is 4.74 Å². The second kappa shape index (κ2) is 4.05. The highest BCUT2D eigenvalue weighted by Gasteiger charge is 2.17. The third-order valence-corrected chi connectivity index (χ3v) is 1.98. The van der Waals surface area contributed by atoms with Crippen LogP contribution in [-0.4, -0.2) is 13.1 Å². The Morgan fingerprint density at radius 2 is 2.08 bits per heavy atom. The van der Waals surface area contributed by atoms with E-state index in [1.165, 1.54) is 7.11 Å². The third-order valence-electron chi connectivity index (χ3n) is 1.98. The van der Waals surface area contributed by atoms with Crippen molar-refractivity contribution in [2.45, 2.75) is 13.0 Å². The zero-order chi connectivity index (χ0) is 9.84. The van der Waals surface area contributed by atoms with Gasteiger partial charge in [-0.2, -0.15) is 0 Å². The van der Waals surface area contributed by atoms with E-state index in [1.54, 1.807) is 0 Å². The number of nitrogens with two attached hydrogens (primary N) is 1. The molecule has 0 aromatic heterocycles. The molecular weight excluding hydrogens is 166 g/mol. The molecule has 0 bridgehead atoms. The summed E-state index contributed by atoms with van der Waals surface area (Å²) < 4.78 is 4.56. The largest absolute Gasteiger partial charge is 0.468 e. The minimum Gasteiger partial charge on any atom is -0.468 e. The van der Waals surface area contributed by atoms with Crippen molar-refractivity contribution in [1.82, 2.24) is 0 Å². The molecule has 1 atom stereocenters. The van der Waals surface area contributed by atoms with Crippen LogP contribution in [0.1, 0.15) is 17.2 Å². The van der Waals surface area contributed by atoms with Gasteiger partial charge in [-0.05, 0) is 18.1 Å². The van der Waals surface area contributed by atoms with Crippen molar-refractivity contribution < 1.29 is 9.53 Å². The fraction of sp³-hybridized carbons (Fsp3) is 0.300. The minimum atomic E-state index is -0.675. The molecule has 3 nitrogen and oxygen atoms in total. The van der Waals surface area contributed by atoms with E-state index >= 15 is 0 Å². The molecule has 0 saturated carbocycles. The summed E-state index contributed by atoms with van der Waals surface area (Å²) >= 11 is 0. The first kappa shape index (κ1) is 9.74. The lowest BCUT2D eigenvalue weighted by Gasteiger charge is -2.11. The summed E-state index contributed by atoms with van der Waals surface area (Å²) in [5.41, 5.74) is 7.49. The average Bonchev–Trinajstić information content (AvgIpc) is 2.16. The second-order valence-corrected chi connectivity index (χ2v) is 2.86. The summed E-state index contributed by atoms with van der Waals surface area (Å²) in [6.07, 6.45) is 0. The summed E-state index contributed by atoms with van der Waals surface area (Å²) in [6.45, 7) is 1.91. The maximum absolute atomic E-state index is 11.1. The van der Waals surface area contributed by atoms with Crippen molar-refractivity contribution in [2.75, 3.05) is 7.11 Å². The number of benzene rings is 1. The van der Waals surface area contributed by atoms with E-state index in [4.69, 9.17) is 5.73 Å². The van der Waals surface area contributed by atoms with Crippen molar-refractivity contribution in [3.8, 4) is 0 Å². The van der Waals surface area contributed by atoms with Crippen LogP contribution in [-0.2, 0) is 9.53 Å². The Hall–Kier alpha value is -1.35. The Labute approximate surface area is 77.5 Å². The monoisotopic (exact) mass is 179 g/mol. The van der Waals surface area contributed by atoms with E-state index < -0.39 is 12.0 Å². The summed E-state index contributed by atoms with van der Waals surface area (Å²) in [5, 5.41) is 0. The van der Waals surface area contributed by atoms with Gasteiger partial charge in [0.2, 0.25) is 0 Å². The first-order valence-electron chi connectivity index (χ1n) is 4.05. The number of ether oxygens (including phenoxy) is 1. The van der Waals surface area contributed by atoms with Gasteiger partial charge in [0.05, 0.1) is 7.11 Å². The first-order valence-corrected chi connectivity index (χ1v) is 4.05. The molecule has 3 heteroatoms. The molecule has 0 aliphatic carbocycles. The predicted octanol–water partition coefficient (Wildman–Crippen LogP) is 1.17. The van der Waals surface area contributed by atoms with Crippen LogP contribution >= 0.6 is 0 Å². The highest BCUT2D eigenvalue weighted by atomic mass is 16.5. The predicted molar refractivity (Wildman–Crippen MR) is 50.1 cm³/mol. The zero-order valence-electron chi connectivity index (χ0n) is 7.78. The summed E-state index contributed by atoms with van der Waals surface area (Å²) in [6, 6.07) is 6.83. The van der Waals surface area contributed by atoms with Gasteiger partial charge in [-0.3, -0.25) is 4.79 Å². The van der Waals surface area contributed by atoms with Gasteiger partial charge >= 0.3 is 5.97 Å². The van der Waals surface area contributed by atoms with Crippen LogP contribution in [0.2, 0.25) is 0 Å². The fourth-order valence-electron chi connectivity index (χ4n) is 1.19. The van der Waals surface area contributed by atoms with E-state index in [0.717, 1.165) is 11.1 Å². The van der Waals surface area contributed by atoms with Gasteiger partial charge in [0.15, 0.2) is 0 Å². The Balaban J connectivity index is 2.95. The number of carbonyl (C=O) groups is 1. The van der Waals surface area contributed by atoms with Crippen LogP contribution < -0.4 is 5.73 Å². The molecule has 70 valence electrons. The Morgan fingerprint density at radius 1 is 1.46 bits per heavy atom. The molecule has 0 heterocycles. The molecule has 0 aliphatic rings. The van der Waals surface area contributed by atoms with Crippen molar-refractivity contribution >= 4 is 5.97 Å². The molecule has 0 unspecified atom stereocenters. The van der Waals surface area contributed by atoms with Gasteiger partial charge in [0.1, 0.15) is 6.04 Å². The van der Waals surface area contributed by atoms with Crippen molar-refractivity contribution in [3.63, 3.8) is 0 Å². The van der Waals surface area contributed by atoms with E-state index in [1.807, 2.05) is 31.2 Å². The van der Waals surface area contributed by atoms with Crippen LogP contribution in [0.15, 0.2) is 24.3 Å². The summed E-state index contributed by atoms with van der Waals surface area (Å²) in [5.74, 6) is -0.408. The summed E-state index contributed by atoms with van der Waals surface area (Å²) in [7, 11) is 1.33. The van der Waals surface area contributed by atoms with Gasteiger partial charge in [0, 0.05) is 0 Å². The number of rotatable bonds is 2. The van der Waals surface area contributed by atoms with Crippen LogP contribution in [0.5, 0.6) is 0 Å². The SMILES string of the molecule is COC(=O)[C@@H](N)c1ccccc1C. The molecule has 1 rings (SSSR count). The molecule has 13 heavy (non-hydrogen) atoms. The van der Waals surface area contributed by atoms with Gasteiger partial charge in [-0.1, -0.05) is 24.3 Å². The molecule has 1 aromatic carbocycles. The summed E-state index contributed by atoms with van der Waals surface area (Å²) in [4.78, 5) is 11.1. The number of carbonyl (C=O) groups excluding carboxylic acids is 1. The molecule has 0 aliphatic heterocycles. The molecule has 0 radical (unpaired) electrons. The van der Waals surface area contributed by atoms with Crippen LogP contribution in [0, 0.1) is 6.92 Å². The quantitative estimate of drug-likeness (QED) is 0.693. The Kier molecular flexibility index (Phi) is 3.03. The second-order valence-electron chi connectivity index (χ2n) is 2.86. The van der Waals surface area contributed by atoms with Gasteiger partial charge in [-0.25, -0.2) is 0 Å². The number of hydrogen-bond donors (Lipinski definition) is 1. The third kappa shape index (κ3) is 2.06.